The Morgan fingerprint density at radius 2 is 1.40 bits per heavy atom. The number of aryl methyl sites for hydroxylation is 2. The summed E-state index contributed by atoms with van der Waals surface area (Å²) in [7, 11) is 0. The van der Waals surface area contributed by atoms with Gasteiger partial charge in [-0.05, 0) is 50.3 Å². The Hall–Kier alpha value is -3.28. The molecule has 1 heterocycles. The van der Waals surface area contributed by atoms with Crippen LogP contribution in [0.3, 0.4) is 0 Å². The van der Waals surface area contributed by atoms with Crippen molar-refractivity contribution in [3.05, 3.63) is 82.7 Å². The molecule has 0 spiro atoms. The number of hydrogen-bond acceptors (Lipinski definition) is 4. The molecule has 126 valence electrons. The Morgan fingerprint density at radius 3 is 1.92 bits per heavy atom. The molecule has 1 aromatic heterocycles. The highest BCUT2D eigenvalue weighted by atomic mass is 16.2. The molecule has 6 heteroatoms. The van der Waals surface area contributed by atoms with E-state index in [1.165, 1.54) is 4.79 Å². The zero-order valence-electron chi connectivity index (χ0n) is 14.3. The van der Waals surface area contributed by atoms with Crippen LogP contribution >= 0.6 is 0 Å². The predicted octanol–water partition coefficient (Wildman–Crippen LogP) is 2.82. The molecule has 0 saturated carbocycles. The van der Waals surface area contributed by atoms with Gasteiger partial charge in [-0.15, -0.1) is 9.89 Å². The third-order valence-electron chi connectivity index (χ3n) is 4.00. The lowest BCUT2D eigenvalue weighted by atomic mass is 10.1. The number of imide groups is 1. The van der Waals surface area contributed by atoms with Gasteiger partial charge in [0.1, 0.15) is 0 Å². The Balaban J connectivity index is 2.09. The van der Waals surface area contributed by atoms with Crippen LogP contribution in [0.2, 0.25) is 0 Å². The van der Waals surface area contributed by atoms with Crippen molar-refractivity contribution in [2.75, 3.05) is 5.01 Å². The van der Waals surface area contributed by atoms with Crippen LogP contribution in [0.1, 0.15) is 37.7 Å². The monoisotopic (exact) mass is 334 g/mol. The lowest BCUT2D eigenvalue weighted by Crippen LogP contribution is -2.46. The van der Waals surface area contributed by atoms with Crippen molar-refractivity contribution in [3.8, 4) is 0 Å². The summed E-state index contributed by atoms with van der Waals surface area (Å²) in [5, 5.41) is 8.97. The van der Waals surface area contributed by atoms with Gasteiger partial charge in [0.05, 0.1) is 11.4 Å². The summed E-state index contributed by atoms with van der Waals surface area (Å²) in [6.07, 6.45) is 0. The summed E-state index contributed by atoms with van der Waals surface area (Å²) in [6.45, 7) is 5.48. The molecule has 0 aliphatic carbocycles. The van der Waals surface area contributed by atoms with Crippen LogP contribution in [0.25, 0.3) is 0 Å². The van der Waals surface area contributed by atoms with Gasteiger partial charge >= 0.3 is 0 Å². The largest absolute Gasteiger partial charge is 0.281 e. The number of benzene rings is 2. The van der Waals surface area contributed by atoms with Gasteiger partial charge in [-0.1, -0.05) is 35.9 Å². The SMILES string of the molecule is Cc1ccc(C(=O)N(C(=O)c2ccccc2)n2nnc(C)c2C)cc1. The molecule has 0 N–H and O–H groups in total. The minimum absolute atomic E-state index is 0.399. The van der Waals surface area contributed by atoms with Gasteiger partial charge in [0, 0.05) is 11.1 Å². The van der Waals surface area contributed by atoms with Crippen LogP contribution in [0, 0.1) is 20.8 Å². The van der Waals surface area contributed by atoms with E-state index in [0.717, 1.165) is 10.6 Å². The van der Waals surface area contributed by atoms with Crippen molar-refractivity contribution in [2.45, 2.75) is 20.8 Å². The van der Waals surface area contributed by atoms with E-state index in [9.17, 15) is 9.59 Å². The molecule has 3 rings (SSSR count). The van der Waals surface area contributed by atoms with Crippen LogP contribution < -0.4 is 5.01 Å². The van der Waals surface area contributed by atoms with Crippen molar-refractivity contribution in [1.82, 2.24) is 15.1 Å². The van der Waals surface area contributed by atoms with E-state index in [1.54, 1.807) is 50.2 Å². The van der Waals surface area contributed by atoms with Crippen LogP contribution in [0.4, 0.5) is 0 Å². The number of nitrogens with zero attached hydrogens (tertiary/aromatic N) is 4. The second-order valence-electron chi connectivity index (χ2n) is 5.80. The molecule has 0 saturated heterocycles. The van der Waals surface area contributed by atoms with E-state index in [1.807, 2.05) is 25.1 Å². The normalized spacial score (nSPS) is 10.5. The summed E-state index contributed by atoms with van der Waals surface area (Å²) in [5.41, 5.74) is 3.12. The molecule has 25 heavy (non-hydrogen) atoms. The molecule has 0 atom stereocenters. The first-order valence-corrected chi connectivity index (χ1v) is 7.88. The van der Waals surface area contributed by atoms with Crippen molar-refractivity contribution in [1.29, 1.82) is 0 Å². The third-order valence-corrected chi connectivity index (χ3v) is 4.00. The fraction of sp³-hybridized carbons (Fsp3) is 0.158. The first kappa shape index (κ1) is 16.6. The predicted molar refractivity (Wildman–Crippen MR) is 94.0 cm³/mol. The lowest BCUT2D eigenvalue weighted by molar-refractivity contribution is 0.0846. The van der Waals surface area contributed by atoms with Crippen molar-refractivity contribution in [3.63, 3.8) is 0 Å². The molecule has 0 aliphatic rings. The highest BCUT2D eigenvalue weighted by molar-refractivity contribution is 6.20. The molecule has 0 unspecified atom stereocenters. The number of aromatic nitrogens is 3. The van der Waals surface area contributed by atoms with E-state index in [0.29, 0.717) is 22.5 Å². The Morgan fingerprint density at radius 1 is 0.840 bits per heavy atom. The smallest absolute Gasteiger partial charge is 0.267 e. The highest BCUT2D eigenvalue weighted by Crippen LogP contribution is 2.13. The molecule has 6 nitrogen and oxygen atoms in total. The molecule has 3 aromatic rings. The molecule has 0 fully saturated rings. The number of hydrogen-bond donors (Lipinski definition) is 0. The van der Waals surface area contributed by atoms with Gasteiger partial charge in [0.2, 0.25) is 0 Å². The number of rotatable bonds is 3. The fourth-order valence-electron chi connectivity index (χ4n) is 2.37. The van der Waals surface area contributed by atoms with Gasteiger partial charge in [-0.25, -0.2) is 0 Å². The molecular formula is C19H18N4O2. The topological polar surface area (TPSA) is 68.1 Å². The van der Waals surface area contributed by atoms with Gasteiger partial charge in [-0.2, -0.15) is 5.01 Å². The zero-order chi connectivity index (χ0) is 18.0. The molecule has 2 aromatic carbocycles. The third kappa shape index (κ3) is 3.19. The van der Waals surface area contributed by atoms with Crippen molar-refractivity contribution < 1.29 is 9.59 Å². The van der Waals surface area contributed by atoms with Crippen LogP contribution in [-0.2, 0) is 0 Å². The molecule has 0 bridgehead atoms. The van der Waals surface area contributed by atoms with Gasteiger partial charge in [0.25, 0.3) is 11.8 Å². The maximum Gasteiger partial charge on any atom is 0.281 e. The van der Waals surface area contributed by atoms with Gasteiger partial charge in [0.15, 0.2) is 0 Å². The minimum Gasteiger partial charge on any atom is -0.267 e. The number of carbonyl (C=O) groups is 2. The molecular weight excluding hydrogens is 316 g/mol. The van der Waals surface area contributed by atoms with Crippen LogP contribution in [0.15, 0.2) is 54.6 Å². The second-order valence-corrected chi connectivity index (χ2v) is 5.80. The van der Waals surface area contributed by atoms with E-state index < -0.39 is 11.8 Å². The summed E-state index contributed by atoms with van der Waals surface area (Å²) < 4.78 is 0. The maximum absolute atomic E-state index is 13.0. The van der Waals surface area contributed by atoms with Gasteiger partial charge in [-0.3, -0.25) is 9.59 Å². The first-order valence-electron chi connectivity index (χ1n) is 7.88. The van der Waals surface area contributed by atoms with Crippen LogP contribution in [0.5, 0.6) is 0 Å². The Labute approximate surface area is 145 Å². The highest BCUT2D eigenvalue weighted by Gasteiger charge is 2.28. The van der Waals surface area contributed by atoms with E-state index in [4.69, 9.17) is 0 Å². The fourth-order valence-corrected chi connectivity index (χ4v) is 2.37. The quantitative estimate of drug-likeness (QED) is 0.691. The van der Waals surface area contributed by atoms with E-state index in [-0.39, 0.29) is 0 Å². The average molecular weight is 334 g/mol. The Kier molecular flexibility index (Phi) is 4.43. The standard InChI is InChI=1S/C19H18N4O2/c1-13-9-11-17(12-10-13)19(25)22(23-15(3)14(2)20-21-23)18(24)16-7-5-4-6-8-16/h4-12H,1-3H3. The van der Waals surface area contributed by atoms with E-state index in [2.05, 4.69) is 10.3 Å². The summed E-state index contributed by atoms with van der Waals surface area (Å²) >= 11 is 0. The summed E-state index contributed by atoms with van der Waals surface area (Å²) in [4.78, 5) is 27.3. The number of carbonyl (C=O) groups excluding carboxylic acids is 2. The number of amides is 2. The Bertz CT molecular complexity index is 914. The summed E-state index contributed by atoms with van der Waals surface area (Å²) in [6, 6.07) is 15.7. The van der Waals surface area contributed by atoms with Crippen molar-refractivity contribution in [2.24, 2.45) is 0 Å². The lowest BCUT2D eigenvalue weighted by Gasteiger charge is -2.21. The molecule has 0 aliphatic heterocycles. The molecule has 2 amide bonds. The summed E-state index contributed by atoms with van der Waals surface area (Å²) in [5.74, 6) is -0.916. The van der Waals surface area contributed by atoms with Crippen LogP contribution in [-0.4, -0.2) is 26.9 Å². The molecule has 0 radical (unpaired) electrons. The first-order chi connectivity index (χ1) is 12.0. The zero-order valence-corrected chi connectivity index (χ0v) is 14.3. The average Bonchev–Trinajstić information content (AvgIpc) is 2.96. The van der Waals surface area contributed by atoms with E-state index >= 15 is 0 Å². The van der Waals surface area contributed by atoms with Crippen molar-refractivity contribution >= 4 is 11.8 Å². The minimum atomic E-state index is -0.459. The maximum atomic E-state index is 13.0. The van der Waals surface area contributed by atoms with Gasteiger partial charge < -0.3 is 0 Å². The second kappa shape index (κ2) is 6.68.